The summed E-state index contributed by atoms with van der Waals surface area (Å²) >= 11 is 13.2. The van der Waals surface area contributed by atoms with Crippen molar-refractivity contribution in [1.82, 2.24) is 0 Å². The SMILES string of the molecule is COCOc1cccc([Si](Cl)(Cl)c2ccccc2)c1. The van der Waals surface area contributed by atoms with Crippen LogP contribution in [-0.4, -0.2) is 20.6 Å². The van der Waals surface area contributed by atoms with Crippen molar-refractivity contribution < 1.29 is 9.47 Å². The molecule has 0 aliphatic heterocycles. The molecule has 0 saturated heterocycles. The Balaban J connectivity index is 2.30. The lowest BCUT2D eigenvalue weighted by atomic mass is 10.3. The highest BCUT2D eigenvalue weighted by molar-refractivity contribution is 7.56. The first-order valence-corrected chi connectivity index (χ1v) is 9.82. The second kappa shape index (κ2) is 6.44. The van der Waals surface area contributed by atoms with Gasteiger partial charge in [-0.25, -0.2) is 0 Å². The van der Waals surface area contributed by atoms with Gasteiger partial charge >= 0.3 is 6.69 Å². The Bertz CT molecular complexity index is 532. The van der Waals surface area contributed by atoms with Crippen LogP contribution in [0.25, 0.3) is 0 Å². The van der Waals surface area contributed by atoms with E-state index in [1.165, 1.54) is 0 Å². The second-order valence-corrected chi connectivity index (χ2v) is 10.3. The minimum Gasteiger partial charge on any atom is -0.468 e. The van der Waals surface area contributed by atoms with Crippen molar-refractivity contribution in [2.24, 2.45) is 0 Å². The number of benzene rings is 2. The third-order valence-electron chi connectivity index (χ3n) is 2.68. The molecule has 100 valence electrons. The van der Waals surface area contributed by atoms with Gasteiger partial charge < -0.3 is 9.47 Å². The third kappa shape index (κ3) is 3.51. The molecule has 0 unspecified atom stereocenters. The minimum absolute atomic E-state index is 0.202. The number of ether oxygens (including phenoxy) is 2. The predicted molar refractivity (Wildman–Crippen MR) is 82.1 cm³/mol. The Morgan fingerprint density at radius 1 is 0.947 bits per heavy atom. The molecule has 0 aliphatic rings. The lowest BCUT2D eigenvalue weighted by Gasteiger charge is -2.18. The quantitative estimate of drug-likeness (QED) is 0.480. The Morgan fingerprint density at radius 2 is 1.63 bits per heavy atom. The average Bonchev–Trinajstić information content (AvgIpc) is 2.46. The molecule has 2 rings (SSSR count). The molecular formula is C14H14Cl2O2Si. The van der Waals surface area contributed by atoms with E-state index in [0.717, 1.165) is 10.4 Å². The summed E-state index contributed by atoms with van der Waals surface area (Å²) in [5, 5.41) is 1.86. The van der Waals surface area contributed by atoms with Gasteiger partial charge in [0.05, 0.1) is 0 Å². The van der Waals surface area contributed by atoms with Crippen molar-refractivity contribution in [3.8, 4) is 5.75 Å². The lowest BCUT2D eigenvalue weighted by molar-refractivity contribution is 0.0512. The molecule has 0 aliphatic carbocycles. The summed E-state index contributed by atoms with van der Waals surface area (Å²) in [7, 11) is 1.58. The van der Waals surface area contributed by atoms with E-state index in [4.69, 9.17) is 31.6 Å². The van der Waals surface area contributed by atoms with Crippen LogP contribution in [0.5, 0.6) is 5.75 Å². The van der Waals surface area contributed by atoms with Crippen molar-refractivity contribution in [2.75, 3.05) is 13.9 Å². The van der Waals surface area contributed by atoms with Crippen LogP contribution in [0.3, 0.4) is 0 Å². The van der Waals surface area contributed by atoms with E-state index >= 15 is 0 Å². The van der Waals surface area contributed by atoms with Gasteiger partial charge in [-0.2, -0.15) is 0 Å². The van der Waals surface area contributed by atoms with Gasteiger partial charge in [0.25, 0.3) is 0 Å². The molecule has 19 heavy (non-hydrogen) atoms. The largest absolute Gasteiger partial charge is 0.468 e. The third-order valence-corrected chi connectivity index (χ3v) is 7.39. The van der Waals surface area contributed by atoms with Crippen LogP contribution in [0.1, 0.15) is 0 Å². The summed E-state index contributed by atoms with van der Waals surface area (Å²) in [6.45, 7) is -2.50. The summed E-state index contributed by atoms with van der Waals surface area (Å²) in [4.78, 5) is 0. The molecule has 0 bridgehead atoms. The van der Waals surface area contributed by atoms with Gasteiger partial charge in [-0.15, -0.1) is 22.2 Å². The summed E-state index contributed by atoms with van der Waals surface area (Å²) in [5.74, 6) is 0.702. The van der Waals surface area contributed by atoms with Gasteiger partial charge in [-0.1, -0.05) is 42.5 Å². The van der Waals surface area contributed by atoms with E-state index in [1.54, 1.807) is 7.11 Å². The number of rotatable bonds is 5. The first kappa shape index (κ1) is 14.4. The van der Waals surface area contributed by atoms with Gasteiger partial charge in [-0.05, 0) is 22.5 Å². The number of hydrogen-bond donors (Lipinski definition) is 0. The van der Waals surface area contributed by atoms with Crippen LogP contribution >= 0.6 is 22.2 Å². The maximum absolute atomic E-state index is 6.61. The van der Waals surface area contributed by atoms with Crippen molar-refractivity contribution in [3.63, 3.8) is 0 Å². The molecule has 0 amide bonds. The first-order chi connectivity index (χ1) is 9.14. The summed E-state index contributed by atoms with van der Waals surface area (Å²) in [5.41, 5.74) is 0. The molecule has 5 heteroatoms. The Kier molecular flexibility index (Phi) is 4.88. The highest BCUT2D eigenvalue weighted by atomic mass is 35.7. The first-order valence-electron chi connectivity index (χ1n) is 5.80. The fourth-order valence-electron chi connectivity index (χ4n) is 1.72. The van der Waals surface area contributed by atoms with Gasteiger partial charge in [0, 0.05) is 7.11 Å². The van der Waals surface area contributed by atoms with E-state index in [1.807, 2.05) is 54.6 Å². The van der Waals surface area contributed by atoms with Gasteiger partial charge in [0.15, 0.2) is 6.79 Å². The standard InChI is InChI=1S/C14H14Cl2O2Si/c1-17-11-18-12-6-5-9-14(10-12)19(15,16)13-7-3-2-4-8-13/h2-10H,11H2,1H3. The lowest BCUT2D eigenvalue weighted by Crippen LogP contribution is -2.48. The van der Waals surface area contributed by atoms with Crippen LogP contribution < -0.4 is 15.1 Å². The van der Waals surface area contributed by atoms with Crippen molar-refractivity contribution in [2.45, 2.75) is 0 Å². The predicted octanol–water partition coefficient (Wildman–Crippen LogP) is 2.70. The number of methoxy groups -OCH3 is 1. The van der Waals surface area contributed by atoms with Crippen LogP contribution in [0.4, 0.5) is 0 Å². The molecule has 2 aromatic rings. The molecule has 0 radical (unpaired) electrons. The smallest absolute Gasteiger partial charge is 0.310 e. The molecule has 0 atom stereocenters. The van der Waals surface area contributed by atoms with Crippen molar-refractivity contribution in [3.05, 3.63) is 54.6 Å². The fraction of sp³-hybridized carbons (Fsp3) is 0.143. The molecule has 0 spiro atoms. The Morgan fingerprint density at radius 3 is 2.32 bits per heavy atom. The summed E-state index contributed by atoms with van der Waals surface area (Å²) < 4.78 is 10.3. The van der Waals surface area contributed by atoms with E-state index in [0.29, 0.717) is 5.75 Å². The number of halogens is 2. The zero-order valence-corrected chi connectivity index (χ0v) is 13.0. The van der Waals surface area contributed by atoms with E-state index in [9.17, 15) is 0 Å². The fourth-order valence-corrected chi connectivity index (χ4v) is 4.76. The normalized spacial score (nSPS) is 11.3. The Labute approximate surface area is 123 Å². The maximum Gasteiger partial charge on any atom is 0.310 e. The molecule has 0 N–H and O–H groups in total. The molecule has 2 nitrogen and oxygen atoms in total. The zero-order valence-electron chi connectivity index (χ0n) is 10.5. The van der Waals surface area contributed by atoms with Crippen LogP contribution in [0, 0.1) is 0 Å². The average molecular weight is 313 g/mol. The Hall–Kier alpha value is -1.00. The molecule has 0 fully saturated rings. The second-order valence-electron chi connectivity index (χ2n) is 4.02. The number of hydrogen-bond acceptors (Lipinski definition) is 2. The van der Waals surface area contributed by atoms with Gasteiger partial charge in [0.1, 0.15) is 5.75 Å². The van der Waals surface area contributed by atoms with E-state index in [-0.39, 0.29) is 6.79 Å². The van der Waals surface area contributed by atoms with Crippen LogP contribution in [0.15, 0.2) is 54.6 Å². The zero-order chi connectivity index (χ0) is 13.7. The topological polar surface area (TPSA) is 18.5 Å². The van der Waals surface area contributed by atoms with Gasteiger partial charge in [0.2, 0.25) is 0 Å². The molecule has 0 aromatic heterocycles. The van der Waals surface area contributed by atoms with Crippen LogP contribution in [0.2, 0.25) is 0 Å². The molecule has 0 heterocycles. The van der Waals surface area contributed by atoms with Crippen molar-refractivity contribution in [1.29, 1.82) is 0 Å². The van der Waals surface area contributed by atoms with E-state index < -0.39 is 6.69 Å². The van der Waals surface area contributed by atoms with Gasteiger partial charge in [-0.3, -0.25) is 0 Å². The highest BCUT2D eigenvalue weighted by Crippen LogP contribution is 2.18. The highest BCUT2D eigenvalue weighted by Gasteiger charge is 2.33. The molecule has 2 aromatic carbocycles. The molecule has 0 saturated carbocycles. The minimum atomic E-state index is -2.70. The van der Waals surface area contributed by atoms with Crippen molar-refractivity contribution >= 4 is 39.2 Å². The maximum atomic E-state index is 6.61. The monoisotopic (exact) mass is 312 g/mol. The summed E-state index contributed by atoms with van der Waals surface area (Å²) in [6.07, 6.45) is 0. The van der Waals surface area contributed by atoms with Crippen LogP contribution in [-0.2, 0) is 4.74 Å². The summed E-state index contributed by atoms with van der Waals surface area (Å²) in [6, 6.07) is 17.3. The molecular weight excluding hydrogens is 299 g/mol. The van der Waals surface area contributed by atoms with E-state index in [2.05, 4.69) is 0 Å².